The van der Waals surface area contributed by atoms with E-state index in [-0.39, 0.29) is 18.1 Å². The third-order valence-corrected chi connectivity index (χ3v) is 5.90. The smallest absolute Gasteiger partial charge is 0.252 e. The van der Waals surface area contributed by atoms with Crippen LogP contribution in [-0.4, -0.2) is 23.5 Å². The Hall–Kier alpha value is -1.81. The molecule has 2 aromatic rings. The van der Waals surface area contributed by atoms with Crippen LogP contribution >= 0.6 is 23.2 Å². The number of morpholine rings is 1. The molecule has 2 fully saturated rings. The molecule has 3 nitrogen and oxygen atoms in total. The van der Waals surface area contributed by atoms with Crippen LogP contribution in [-0.2, 0) is 9.53 Å². The van der Waals surface area contributed by atoms with Crippen molar-refractivity contribution in [3.63, 3.8) is 0 Å². The number of ether oxygens (including phenoxy) is 1. The maximum absolute atomic E-state index is 13.3. The monoisotopic (exact) mass is 415 g/mol. The van der Waals surface area contributed by atoms with Crippen molar-refractivity contribution < 1.29 is 9.53 Å². The maximum Gasteiger partial charge on any atom is 0.252 e. The molecule has 2 aliphatic rings. The lowest BCUT2D eigenvalue weighted by Crippen LogP contribution is -2.51. The molecule has 3 atom stereocenters. The van der Waals surface area contributed by atoms with E-state index >= 15 is 0 Å². The zero-order valence-electron chi connectivity index (χ0n) is 15.6. The minimum Gasteiger partial charge on any atom is -0.358 e. The lowest BCUT2D eigenvalue weighted by Gasteiger charge is -2.45. The highest BCUT2D eigenvalue weighted by Gasteiger charge is 2.45. The van der Waals surface area contributed by atoms with Gasteiger partial charge in [0.2, 0.25) is 0 Å². The Bertz CT molecular complexity index is 863. The molecule has 2 aromatic carbocycles. The van der Waals surface area contributed by atoms with E-state index in [1.54, 1.807) is 6.08 Å². The average Bonchev–Trinajstić information content (AvgIpc) is 3.50. The van der Waals surface area contributed by atoms with Gasteiger partial charge in [0.05, 0.1) is 6.04 Å². The molecule has 4 rings (SSSR count). The number of hydrogen-bond donors (Lipinski definition) is 0. The second-order valence-corrected chi connectivity index (χ2v) is 8.43. The molecule has 5 heteroatoms. The molecule has 1 aliphatic carbocycles. The van der Waals surface area contributed by atoms with Gasteiger partial charge in [-0.3, -0.25) is 4.79 Å². The lowest BCUT2D eigenvalue weighted by molar-refractivity contribution is -0.174. The van der Waals surface area contributed by atoms with Crippen molar-refractivity contribution in [2.75, 3.05) is 6.54 Å². The van der Waals surface area contributed by atoms with Gasteiger partial charge in [0, 0.05) is 23.0 Å². The van der Waals surface area contributed by atoms with Crippen molar-refractivity contribution in [1.82, 2.24) is 4.90 Å². The van der Waals surface area contributed by atoms with Crippen molar-refractivity contribution in [1.29, 1.82) is 0 Å². The van der Waals surface area contributed by atoms with Gasteiger partial charge in [0.1, 0.15) is 12.2 Å². The van der Waals surface area contributed by atoms with Crippen LogP contribution < -0.4 is 0 Å². The van der Waals surface area contributed by atoms with Crippen molar-refractivity contribution in [3.05, 3.63) is 82.4 Å². The Morgan fingerprint density at radius 3 is 2.46 bits per heavy atom. The van der Waals surface area contributed by atoms with E-state index in [4.69, 9.17) is 27.9 Å². The maximum atomic E-state index is 13.3. The van der Waals surface area contributed by atoms with Gasteiger partial charge in [-0.05, 0) is 54.2 Å². The third-order valence-electron chi connectivity index (χ3n) is 5.41. The molecular weight excluding hydrogens is 393 g/mol. The van der Waals surface area contributed by atoms with Gasteiger partial charge in [-0.25, -0.2) is 0 Å². The molecule has 1 aliphatic heterocycles. The predicted octanol–water partition coefficient (Wildman–Crippen LogP) is 5.99. The highest BCUT2D eigenvalue weighted by Crippen LogP contribution is 2.45. The van der Waals surface area contributed by atoms with Gasteiger partial charge in [-0.2, -0.15) is 0 Å². The molecule has 0 unspecified atom stereocenters. The molecule has 1 saturated heterocycles. The molecule has 28 heavy (non-hydrogen) atoms. The molecule has 0 N–H and O–H groups in total. The number of nitrogens with zero attached hydrogens (tertiary/aromatic N) is 1. The summed E-state index contributed by atoms with van der Waals surface area (Å²) >= 11 is 12.4. The summed E-state index contributed by atoms with van der Waals surface area (Å²) in [7, 11) is 0. The van der Waals surface area contributed by atoms with E-state index in [1.165, 1.54) is 12.8 Å². The van der Waals surface area contributed by atoms with Crippen LogP contribution in [0.5, 0.6) is 0 Å². The first kappa shape index (κ1) is 19.5. The SMILES string of the molecule is C=CC[C@H]1O[C@H](c2cccc(Cl)c2)[C@H](c2ccc(Cl)cc2)N(CC2CC2)C1=O. The summed E-state index contributed by atoms with van der Waals surface area (Å²) in [4.78, 5) is 15.3. The first-order chi connectivity index (χ1) is 13.6. The van der Waals surface area contributed by atoms with Crippen LogP contribution in [0, 0.1) is 5.92 Å². The minimum absolute atomic E-state index is 0.0324. The number of carbonyl (C=O) groups is 1. The van der Waals surface area contributed by atoms with Gasteiger partial charge in [-0.15, -0.1) is 6.58 Å². The molecule has 146 valence electrons. The summed E-state index contributed by atoms with van der Waals surface area (Å²) in [5.74, 6) is 0.603. The fourth-order valence-corrected chi connectivity index (χ4v) is 4.17. The number of carbonyl (C=O) groups excluding carboxylic acids is 1. The van der Waals surface area contributed by atoms with E-state index in [2.05, 4.69) is 6.58 Å². The number of halogens is 2. The third kappa shape index (κ3) is 4.12. The normalized spacial score (nSPS) is 25.0. The van der Waals surface area contributed by atoms with E-state index in [0.29, 0.717) is 22.4 Å². The molecule has 0 aromatic heterocycles. The molecule has 0 spiro atoms. The summed E-state index contributed by atoms with van der Waals surface area (Å²) in [6.45, 7) is 4.55. The quantitative estimate of drug-likeness (QED) is 0.542. The highest BCUT2D eigenvalue weighted by atomic mass is 35.5. The van der Waals surface area contributed by atoms with Crippen LogP contribution in [0.25, 0.3) is 0 Å². The Morgan fingerprint density at radius 1 is 1.07 bits per heavy atom. The van der Waals surface area contributed by atoms with Crippen LogP contribution in [0.2, 0.25) is 10.0 Å². The van der Waals surface area contributed by atoms with Gasteiger partial charge < -0.3 is 9.64 Å². The standard InChI is InChI=1S/C23H23Cl2NO2/c1-2-4-20-23(27)26(14-15-7-8-15)21(16-9-11-18(24)12-10-16)22(28-20)17-5-3-6-19(25)13-17/h2-3,5-6,9-13,15,20-22H,1,4,7-8,14H2/t20-,21+,22-/m1/s1. The summed E-state index contributed by atoms with van der Waals surface area (Å²) in [6, 6.07) is 15.2. The van der Waals surface area contributed by atoms with Crippen LogP contribution in [0.4, 0.5) is 0 Å². The van der Waals surface area contributed by atoms with Gasteiger partial charge in [0.15, 0.2) is 0 Å². The number of amides is 1. The van der Waals surface area contributed by atoms with Crippen LogP contribution in [0.1, 0.15) is 42.5 Å². The summed E-state index contributed by atoms with van der Waals surface area (Å²) in [6.07, 6.45) is 3.75. The van der Waals surface area contributed by atoms with Crippen LogP contribution in [0.3, 0.4) is 0 Å². The largest absolute Gasteiger partial charge is 0.358 e. The van der Waals surface area contributed by atoms with E-state index in [0.717, 1.165) is 17.7 Å². The van der Waals surface area contributed by atoms with Gasteiger partial charge >= 0.3 is 0 Å². The Balaban J connectivity index is 1.79. The van der Waals surface area contributed by atoms with Crippen molar-refractivity contribution in [3.8, 4) is 0 Å². The Kier molecular flexibility index (Phi) is 5.77. The fourth-order valence-electron chi connectivity index (χ4n) is 3.84. The fraction of sp³-hybridized carbons (Fsp3) is 0.348. The number of rotatable bonds is 6. The first-order valence-corrected chi connectivity index (χ1v) is 10.4. The molecule has 0 bridgehead atoms. The second-order valence-electron chi connectivity index (χ2n) is 7.56. The summed E-state index contributed by atoms with van der Waals surface area (Å²) in [5.41, 5.74) is 1.98. The van der Waals surface area contributed by atoms with Crippen molar-refractivity contribution in [2.45, 2.75) is 37.5 Å². The van der Waals surface area contributed by atoms with E-state index in [9.17, 15) is 4.79 Å². The molecule has 1 amide bonds. The predicted molar refractivity (Wildman–Crippen MR) is 113 cm³/mol. The average molecular weight is 416 g/mol. The highest BCUT2D eigenvalue weighted by molar-refractivity contribution is 6.30. The molecule has 1 heterocycles. The van der Waals surface area contributed by atoms with Gasteiger partial charge in [0.25, 0.3) is 5.91 Å². The minimum atomic E-state index is -0.524. The Labute approximate surface area is 175 Å². The first-order valence-electron chi connectivity index (χ1n) is 9.64. The van der Waals surface area contributed by atoms with Gasteiger partial charge in [-0.1, -0.05) is 53.5 Å². The summed E-state index contributed by atoms with van der Waals surface area (Å²) in [5, 5.41) is 1.33. The van der Waals surface area contributed by atoms with E-state index < -0.39 is 6.10 Å². The Morgan fingerprint density at radius 2 is 1.82 bits per heavy atom. The number of benzene rings is 2. The van der Waals surface area contributed by atoms with Crippen molar-refractivity contribution >= 4 is 29.1 Å². The summed E-state index contributed by atoms with van der Waals surface area (Å²) < 4.78 is 6.36. The zero-order chi connectivity index (χ0) is 19.7. The molecular formula is C23H23Cl2NO2. The van der Waals surface area contributed by atoms with Crippen molar-refractivity contribution in [2.24, 2.45) is 5.92 Å². The van der Waals surface area contributed by atoms with Crippen LogP contribution in [0.15, 0.2) is 61.2 Å². The molecule has 1 saturated carbocycles. The topological polar surface area (TPSA) is 29.5 Å². The second kappa shape index (κ2) is 8.28. The zero-order valence-corrected chi connectivity index (χ0v) is 17.1. The molecule has 0 radical (unpaired) electrons. The number of hydrogen-bond acceptors (Lipinski definition) is 2. The van der Waals surface area contributed by atoms with E-state index in [1.807, 2.05) is 53.4 Å². The lowest BCUT2D eigenvalue weighted by atomic mass is 9.91.